The Hall–Kier alpha value is -3.13. The summed E-state index contributed by atoms with van der Waals surface area (Å²) in [5, 5.41) is 8.27. The first-order valence-corrected chi connectivity index (χ1v) is 11.7. The van der Waals surface area contributed by atoms with Gasteiger partial charge in [-0.3, -0.25) is 9.59 Å². The van der Waals surface area contributed by atoms with Crippen molar-refractivity contribution in [2.75, 3.05) is 29.2 Å². The normalized spacial score (nSPS) is 13.1. The maximum absolute atomic E-state index is 13.4. The van der Waals surface area contributed by atoms with Gasteiger partial charge in [0.05, 0.1) is 19.0 Å². The van der Waals surface area contributed by atoms with E-state index < -0.39 is 0 Å². The Bertz CT molecular complexity index is 1090. The zero-order valence-electron chi connectivity index (χ0n) is 17.9. The molecule has 0 bridgehead atoms. The van der Waals surface area contributed by atoms with Gasteiger partial charge >= 0.3 is 0 Å². The number of alkyl halides is 1. The quantitative estimate of drug-likeness (QED) is 0.365. The van der Waals surface area contributed by atoms with Gasteiger partial charge in [0.1, 0.15) is 11.4 Å². The number of methoxy groups -OCH3 is 1. The van der Waals surface area contributed by atoms with Crippen molar-refractivity contribution in [1.29, 1.82) is 0 Å². The van der Waals surface area contributed by atoms with E-state index in [9.17, 15) is 9.59 Å². The van der Waals surface area contributed by atoms with Crippen molar-refractivity contribution >= 4 is 39.1 Å². The van der Waals surface area contributed by atoms with Crippen LogP contribution in [0.3, 0.4) is 0 Å². The fraction of sp³-hybridized carbons (Fsp3) is 0.292. The Balaban J connectivity index is 1.50. The molecule has 1 N–H and O–H groups in total. The maximum atomic E-state index is 13.4. The molecule has 8 heteroatoms. The average molecular weight is 497 g/mol. The smallest absolute Gasteiger partial charge is 0.277 e. The number of unbranched alkanes of at least 4 members (excludes halogenated alkanes) is 1. The molecule has 0 spiro atoms. The summed E-state index contributed by atoms with van der Waals surface area (Å²) < 4.78 is 6.91. The van der Waals surface area contributed by atoms with Crippen LogP contribution < -0.4 is 15.0 Å². The first-order chi connectivity index (χ1) is 15.6. The highest BCUT2D eigenvalue weighted by Crippen LogP contribution is 2.28. The van der Waals surface area contributed by atoms with E-state index in [1.807, 2.05) is 48.5 Å². The molecule has 166 valence electrons. The highest BCUT2D eigenvalue weighted by Gasteiger charge is 2.30. The standard InChI is InChI=1S/C24H25BrN4O3/c1-32-21-11-9-20(10-12-21)29-23-17(16-26-29)13-15-28(24(23)31)19-7-5-18(6-8-19)27-22(30)4-2-3-14-25/h5-12,16H,2-4,13-15H2,1H3,(H,27,30). The molecule has 2 aromatic carbocycles. The second-order valence-corrected chi connectivity index (χ2v) is 8.37. The number of carbonyl (C=O) groups is 2. The van der Waals surface area contributed by atoms with Crippen molar-refractivity contribution in [2.24, 2.45) is 0 Å². The summed E-state index contributed by atoms with van der Waals surface area (Å²) >= 11 is 3.37. The molecule has 0 unspecified atom stereocenters. The summed E-state index contributed by atoms with van der Waals surface area (Å²) in [5.74, 6) is 0.657. The third-order valence-electron chi connectivity index (χ3n) is 5.46. The van der Waals surface area contributed by atoms with Crippen molar-refractivity contribution in [3.8, 4) is 11.4 Å². The lowest BCUT2D eigenvalue weighted by Crippen LogP contribution is -2.38. The van der Waals surface area contributed by atoms with E-state index in [1.54, 1.807) is 22.9 Å². The Morgan fingerprint density at radius 3 is 2.50 bits per heavy atom. The Morgan fingerprint density at radius 1 is 1.09 bits per heavy atom. The number of rotatable bonds is 8. The van der Waals surface area contributed by atoms with Crippen molar-refractivity contribution < 1.29 is 14.3 Å². The number of hydrogen-bond acceptors (Lipinski definition) is 4. The average Bonchev–Trinajstić information content (AvgIpc) is 3.25. The van der Waals surface area contributed by atoms with Crippen LogP contribution in [0.15, 0.2) is 54.7 Å². The number of aromatic nitrogens is 2. The number of anilines is 2. The van der Waals surface area contributed by atoms with Crippen LogP contribution in [-0.4, -0.2) is 40.6 Å². The van der Waals surface area contributed by atoms with Gasteiger partial charge in [0, 0.05) is 35.2 Å². The van der Waals surface area contributed by atoms with Crippen LogP contribution in [0.4, 0.5) is 11.4 Å². The van der Waals surface area contributed by atoms with Crippen LogP contribution in [0.1, 0.15) is 35.3 Å². The SMILES string of the molecule is COc1ccc(-n2ncc3c2C(=O)N(c2ccc(NC(=O)CCCCBr)cc2)CC3)cc1. The lowest BCUT2D eigenvalue weighted by Gasteiger charge is -2.27. The minimum atomic E-state index is -0.0915. The molecule has 2 heterocycles. The van der Waals surface area contributed by atoms with Crippen LogP contribution in [-0.2, 0) is 11.2 Å². The molecule has 2 amide bonds. The van der Waals surface area contributed by atoms with Crippen LogP contribution in [0, 0.1) is 0 Å². The van der Waals surface area contributed by atoms with Crippen molar-refractivity contribution in [2.45, 2.75) is 25.7 Å². The molecule has 32 heavy (non-hydrogen) atoms. The first kappa shape index (κ1) is 22.1. The summed E-state index contributed by atoms with van der Waals surface area (Å²) in [4.78, 5) is 27.2. The van der Waals surface area contributed by atoms with E-state index in [4.69, 9.17) is 4.74 Å². The molecule has 0 atom stereocenters. The maximum Gasteiger partial charge on any atom is 0.277 e. The molecule has 1 aliphatic rings. The van der Waals surface area contributed by atoms with Crippen LogP contribution in [0.5, 0.6) is 5.75 Å². The number of nitrogens with one attached hydrogen (secondary N) is 1. The summed E-state index contributed by atoms with van der Waals surface area (Å²) in [5.41, 5.74) is 3.84. The first-order valence-electron chi connectivity index (χ1n) is 10.6. The van der Waals surface area contributed by atoms with E-state index in [0.717, 1.165) is 53.0 Å². The monoisotopic (exact) mass is 496 g/mol. The van der Waals surface area contributed by atoms with Gasteiger partial charge < -0.3 is 15.0 Å². The molecular weight excluding hydrogens is 472 g/mol. The van der Waals surface area contributed by atoms with Gasteiger partial charge in [0.2, 0.25) is 5.91 Å². The number of fused-ring (bicyclic) bond motifs is 1. The van der Waals surface area contributed by atoms with E-state index in [2.05, 4.69) is 26.3 Å². The number of carbonyl (C=O) groups excluding carboxylic acids is 2. The molecule has 0 saturated carbocycles. The number of nitrogens with zero attached hydrogens (tertiary/aromatic N) is 3. The zero-order valence-corrected chi connectivity index (χ0v) is 19.5. The second-order valence-electron chi connectivity index (χ2n) is 7.58. The van der Waals surface area contributed by atoms with Crippen molar-refractivity contribution in [3.63, 3.8) is 0 Å². The van der Waals surface area contributed by atoms with Gasteiger partial charge in [-0.2, -0.15) is 5.10 Å². The topological polar surface area (TPSA) is 76.5 Å². The highest BCUT2D eigenvalue weighted by molar-refractivity contribution is 9.09. The van der Waals surface area contributed by atoms with Gasteiger partial charge in [-0.15, -0.1) is 0 Å². The second kappa shape index (κ2) is 9.99. The Labute approximate surface area is 195 Å². The summed E-state index contributed by atoms with van der Waals surface area (Å²) in [6.07, 6.45) is 4.81. The third kappa shape index (κ3) is 4.70. The molecule has 0 fully saturated rings. The summed E-state index contributed by atoms with van der Waals surface area (Å²) in [6, 6.07) is 14.9. The van der Waals surface area contributed by atoms with Crippen LogP contribution in [0.25, 0.3) is 5.69 Å². The molecule has 7 nitrogen and oxygen atoms in total. The van der Waals surface area contributed by atoms with E-state index in [-0.39, 0.29) is 11.8 Å². The van der Waals surface area contributed by atoms with Crippen LogP contribution in [0.2, 0.25) is 0 Å². The lowest BCUT2D eigenvalue weighted by molar-refractivity contribution is -0.116. The molecular formula is C24H25BrN4O3. The number of halogens is 1. The molecule has 4 rings (SSSR count). The minimum Gasteiger partial charge on any atom is -0.497 e. The largest absolute Gasteiger partial charge is 0.497 e. The summed E-state index contributed by atoms with van der Waals surface area (Å²) in [7, 11) is 1.62. The number of ether oxygens (including phenoxy) is 1. The van der Waals surface area contributed by atoms with Gasteiger partial charge in [-0.25, -0.2) is 4.68 Å². The van der Waals surface area contributed by atoms with E-state index >= 15 is 0 Å². The molecule has 1 aromatic heterocycles. The number of benzene rings is 2. The molecule has 0 aliphatic carbocycles. The van der Waals surface area contributed by atoms with Gasteiger partial charge in [-0.05, 0) is 67.8 Å². The Morgan fingerprint density at radius 2 is 1.81 bits per heavy atom. The minimum absolute atomic E-state index is 0.000726. The summed E-state index contributed by atoms with van der Waals surface area (Å²) in [6.45, 7) is 0.582. The number of amides is 2. The van der Waals surface area contributed by atoms with Gasteiger partial charge in [-0.1, -0.05) is 15.9 Å². The third-order valence-corrected chi connectivity index (χ3v) is 6.03. The number of hydrogen-bond donors (Lipinski definition) is 1. The van der Waals surface area contributed by atoms with Crippen molar-refractivity contribution in [3.05, 3.63) is 66.0 Å². The van der Waals surface area contributed by atoms with Gasteiger partial charge in [0.25, 0.3) is 5.91 Å². The fourth-order valence-electron chi connectivity index (χ4n) is 3.75. The molecule has 3 aromatic rings. The highest BCUT2D eigenvalue weighted by atomic mass is 79.9. The van der Waals surface area contributed by atoms with Gasteiger partial charge in [0.15, 0.2) is 0 Å². The van der Waals surface area contributed by atoms with E-state index in [0.29, 0.717) is 18.7 Å². The fourth-order valence-corrected chi connectivity index (χ4v) is 4.15. The molecule has 1 aliphatic heterocycles. The molecule has 0 radical (unpaired) electrons. The predicted molar refractivity (Wildman–Crippen MR) is 128 cm³/mol. The predicted octanol–water partition coefficient (Wildman–Crippen LogP) is 4.59. The van der Waals surface area contributed by atoms with Crippen molar-refractivity contribution in [1.82, 2.24) is 9.78 Å². The lowest BCUT2D eigenvalue weighted by atomic mass is 10.1. The molecule has 0 saturated heterocycles. The van der Waals surface area contributed by atoms with E-state index in [1.165, 1.54) is 0 Å². The zero-order chi connectivity index (χ0) is 22.5. The Kier molecular flexibility index (Phi) is 6.90. The van der Waals surface area contributed by atoms with Crippen LogP contribution >= 0.6 is 15.9 Å².